The number of likely N-dealkylation sites (tertiary alicyclic amines) is 1. The second kappa shape index (κ2) is 6.57. The number of nitrogens with zero attached hydrogens (tertiary/aromatic N) is 2. The molecular weight excluding hydrogens is 344 g/mol. The number of hydrogen-bond donors (Lipinski definition) is 2. The summed E-state index contributed by atoms with van der Waals surface area (Å²) in [4.78, 5) is 30.4. The van der Waals surface area contributed by atoms with E-state index in [2.05, 4.69) is 22.4 Å². The molecule has 1 aliphatic carbocycles. The molecular formula is C20H22N4O3. The fourth-order valence-electron chi connectivity index (χ4n) is 4.21. The van der Waals surface area contributed by atoms with Gasteiger partial charge in [-0.05, 0) is 24.5 Å². The molecule has 27 heavy (non-hydrogen) atoms. The Morgan fingerprint density at radius 2 is 2.04 bits per heavy atom. The zero-order valence-electron chi connectivity index (χ0n) is 15.1. The van der Waals surface area contributed by atoms with Crippen LogP contribution in [-0.2, 0) is 0 Å². The molecule has 2 aromatic rings. The number of ether oxygens (including phenoxy) is 1. The van der Waals surface area contributed by atoms with Crippen molar-refractivity contribution in [3.63, 3.8) is 0 Å². The van der Waals surface area contributed by atoms with Crippen LogP contribution in [0.25, 0.3) is 0 Å². The third-order valence-electron chi connectivity index (χ3n) is 5.66. The molecule has 2 fully saturated rings. The lowest BCUT2D eigenvalue weighted by Gasteiger charge is -2.62. The Balaban J connectivity index is 1.55. The minimum absolute atomic E-state index is 0.0780. The first-order valence-corrected chi connectivity index (χ1v) is 9.00. The maximum absolute atomic E-state index is 12.9. The molecule has 7 nitrogen and oxygen atoms in total. The smallest absolute Gasteiger partial charge is 0.322 e. The number of primary amides is 1. The van der Waals surface area contributed by atoms with Crippen molar-refractivity contribution in [1.82, 2.24) is 9.88 Å². The van der Waals surface area contributed by atoms with Gasteiger partial charge in [-0.25, -0.2) is 9.78 Å². The van der Waals surface area contributed by atoms with Crippen LogP contribution in [0.2, 0.25) is 0 Å². The third-order valence-corrected chi connectivity index (χ3v) is 5.66. The molecule has 7 heteroatoms. The number of benzene rings is 1. The minimum Gasteiger partial charge on any atom is -0.480 e. The highest BCUT2D eigenvalue weighted by atomic mass is 16.5. The number of methoxy groups -OCH3 is 1. The van der Waals surface area contributed by atoms with Gasteiger partial charge in [0.1, 0.15) is 5.56 Å². The number of amides is 3. The van der Waals surface area contributed by atoms with Crippen molar-refractivity contribution in [1.29, 1.82) is 0 Å². The number of nitrogens with two attached hydrogens (primary N) is 1. The molecule has 1 aromatic carbocycles. The van der Waals surface area contributed by atoms with Crippen molar-refractivity contribution in [2.75, 3.05) is 19.0 Å². The number of urea groups is 1. The van der Waals surface area contributed by atoms with Gasteiger partial charge in [-0.1, -0.05) is 36.8 Å². The van der Waals surface area contributed by atoms with E-state index in [1.807, 2.05) is 23.1 Å². The average Bonchev–Trinajstić information content (AvgIpc) is 2.60. The number of rotatable bonds is 4. The molecule has 1 spiro atoms. The summed E-state index contributed by atoms with van der Waals surface area (Å²) in [6.45, 7) is 0.741. The summed E-state index contributed by atoms with van der Waals surface area (Å²) in [5.41, 5.74) is 7.27. The number of nitrogens with one attached hydrogen (secondary N) is 1. The molecule has 1 saturated carbocycles. The van der Waals surface area contributed by atoms with E-state index in [0.29, 0.717) is 5.69 Å². The number of anilines is 1. The molecule has 3 amide bonds. The summed E-state index contributed by atoms with van der Waals surface area (Å²) in [7, 11) is 1.41. The van der Waals surface area contributed by atoms with Gasteiger partial charge >= 0.3 is 6.03 Å². The highest BCUT2D eigenvalue weighted by molar-refractivity contribution is 5.97. The van der Waals surface area contributed by atoms with Crippen LogP contribution in [0.4, 0.5) is 10.5 Å². The zero-order valence-corrected chi connectivity index (χ0v) is 15.1. The predicted octanol–water partition coefficient (Wildman–Crippen LogP) is 2.95. The standard InChI is InChI=1S/C20H22N4O3/c1-27-18-15(17(21)25)10-14(11-22-18)23-19(26)24-12-20(8-5-9-20)16(24)13-6-3-2-4-7-13/h2-4,6-7,10-11,16H,5,8-9,12H2,1H3,(H2,21,25)(H,23,26). The monoisotopic (exact) mass is 366 g/mol. The van der Waals surface area contributed by atoms with Crippen LogP contribution in [-0.4, -0.2) is 35.5 Å². The molecule has 3 N–H and O–H groups in total. The first kappa shape index (κ1) is 17.3. The van der Waals surface area contributed by atoms with E-state index in [1.54, 1.807) is 0 Å². The molecule has 1 aromatic heterocycles. The molecule has 2 aliphatic rings. The molecule has 1 aliphatic heterocycles. The Morgan fingerprint density at radius 3 is 2.63 bits per heavy atom. The SMILES string of the molecule is COc1ncc(NC(=O)N2CC3(CCC3)C2c2ccccc2)cc1C(N)=O. The maximum Gasteiger partial charge on any atom is 0.322 e. The number of carbonyl (C=O) groups is 2. The molecule has 1 saturated heterocycles. The van der Waals surface area contributed by atoms with Gasteiger partial charge < -0.3 is 20.7 Å². The van der Waals surface area contributed by atoms with Crippen molar-refractivity contribution in [3.8, 4) is 5.88 Å². The molecule has 1 unspecified atom stereocenters. The van der Waals surface area contributed by atoms with Crippen LogP contribution in [0.1, 0.15) is 41.2 Å². The van der Waals surface area contributed by atoms with Crippen LogP contribution < -0.4 is 15.8 Å². The van der Waals surface area contributed by atoms with E-state index in [-0.39, 0.29) is 28.9 Å². The maximum atomic E-state index is 12.9. The normalized spacial score (nSPS) is 19.7. The van der Waals surface area contributed by atoms with E-state index in [0.717, 1.165) is 24.9 Å². The van der Waals surface area contributed by atoms with Crippen LogP contribution in [0.5, 0.6) is 5.88 Å². The van der Waals surface area contributed by atoms with Crippen LogP contribution in [0.3, 0.4) is 0 Å². The van der Waals surface area contributed by atoms with Gasteiger partial charge in [0, 0.05) is 12.0 Å². The van der Waals surface area contributed by atoms with Crippen molar-refractivity contribution in [3.05, 3.63) is 53.7 Å². The number of aromatic nitrogens is 1. The lowest BCUT2D eigenvalue weighted by atomic mass is 9.56. The Kier molecular flexibility index (Phi) is 4.22. The van der Waals surface area contributed by atoms with Crippen molar-refractivity contribution < 1.29 is 14.3 Å². The van der Waals surface area contributed by atoms with Crippen LogP contribution in [0, 0.1) is 5.41 Å². The Hall–Kier alpha value is -3.09. The first-order chi connectivity index (χ1) is 13.0. The Labute approximate surface area is 157 Å². The van der Waals surface area contributed by atoms with Gasteiger partial charge in [0.2, 0.25) is 5.88 Å². The lowest BCUT2D eigenvalue weighted by Crippen LogP contribution is -2.64. The fourth-order valence-corrected chi connectivity index (χ4v) is 4.21. The Morgan fingerprint density at radius 1 is 1.30 bits per heavy atom. The van der Waals surface area contributed by atoms with Gasteiger partial charge in [0.15, 0.2) is 0 Å². The summed E-state index contributed by atoms with van der Waals surface area (Å²) in [5, 5.41) is 2.84. The second-order valence-corrected chi connectivity index (χ2v) is 7.23. The largest absolute Gasteiger partial charge is 0.480 e. The predicted molar refractivity (Wildman–Crippen MR) is 100 cm³/mol. The first-order valence-electron chi connectivity index (χ1n) is 9.00. The van der Waals surface area contributed by atoms with Crippen molar-refractivity contribution in [2.24, 2.45) is 11.1 Å². The summed E-state index contributed by atoms with van der Waals surface area (Å²) in [5.74, 6) is -0.519. The summed E-state index contributed by atoms with van der Waals surface area (Å²) in [6, 6.07) is 11.5. The second-order valence-electron chi connectivity index (χ2n) is 7.23. The van der Waals surface area contributed by atoms with Gasteiger partial charge in [-0.2, -0.15) is 0 Å². The summed E-state index contributed by atoms with van der Waals surface area (Å²) < 4.78 is 5.04. The number of carbonyl (C=O) groups excluding carboxylic acids is 2. The Bertz CT molecular complexity index is 880. The lowest BCUT2D eigenvalue weighted by molar-refractivity contribution is -0.0970. The van der Waals surface area contributed by atoms with Gasteiger partial charge in [-0.3, -0.25) is 4.79 Å². The molecule has 140 valence electrons. The third kappa shape index (κ3) is 2.89. The van der Waals surface area contributed by atoms with Gasteiger partial charge in [0.25, 0.3) is 5.91 Å². The van der Waals surface area contributed by atoms with Gasteiger partial charge in [-0.15, -0.1) is 0 Å². The molecule has 4 rings (SSSR count). The number of pyridine rings is 1. The summed E-state index contributed by atoms with van der Waals surface area (Å²) in [6.07, 6.45) is 4.96. The molecule has 1 atom stereocenters. The van der Waals surface area contributed by atoms with Gasteiger partial charge in [0.05, 0.1) is 25.0 Å². The van der Waals surface area contributed by atoms with E-state index >= 15 is 0 Å². The van der Waals surface area contributed by atoms with E-state index in [4.69, 9.17) is 10.5 Å². The minimum atomic E-state index is -0.657. The fraction of sp³-hybridized carbons (Fsp3) is 0.350. The molecule has 0 bridgehead atoms. The van der Waals surface area contributed by atoms with Crippen LogP contribution in [0.15, 0.2) is 42.6 Å². The zero-order chi connectivity index (χ0) is 19.0. The van der Waals surface area contributed by atoms with Crippen molar-refractivity contribution >= 4 is 17.6 Å². The molecule has 2 heterocycles. The van der Waals surface area contributed by atoms with E-state index in [1.165, 1.54) is 25.8 Å². The van der Waals surface area contributed by atoms with E-state index < -0.39 is 5.91 Å². The quantitative estimate of drug-likeness (QED) is 0.869. The average molecular weight is 366 g/mol. The number of hydrogen-bond acceptors (Lipinski definition) is 4. The van der Waals surface area contributed by atoms with Crippen molar-refractivity contribution in [2.45, 2.75) is 25.3 Å². The van der Waals surface area contributed by atoms with E-state index in [9.17, 15) is 9.59 Å². The summed E-state index contributed by atoms with van der Waals surface area (Å²) >= 11 is 0. The van der Waals surface area contributed by atoms with Crippen LogP contribution >= 0.6 is 0 Å². The highest BCUT2D eigenvalue weighted by Crippen LogP contribution is 2.60. The highest BCUT2D eigenvalue weighted by Gasteiger charge is 2.57. The topological polar surface area (TPSA) is 97.6 Å². The molecule has 0 radical (unpaired) electrons.